The number of hydrogen-bond donors (Lipinski definition) is 0. The smallest absolute Gasteiger partial charge is 0.0830 e. The molecule has 2 aromatic rings. The predicted molar refractivity (Wildman–Crippen MR) is 81.2 cm³/mol. The van der Waals surface area contributed by atoms with E-state index in [1.807, 2.05) is 10.9 Å². The van der Waals surface area contributed by atoms with Crippen LogP contribution < -0.4 is 0 Å². The Kier molecular flexibility index (Phi) is 4.06. The molecule has 0 unspecified atom stereocenters. The van der Waals surface area contributed by atoms with Crippen LogP contribution in [0, 0.1) is 0 Å². The Hall–Kier alpha value is -1.35. The lowest BCUT2D eigenvalue weighted by molar-refractivity contribution is 0.626. The van der Waals surface area contributed by atoms with Crippen LogP contribution in [-0.4, -0.2) is 15.0 Å². The van der Waals surface area contributed by atoms with E-state index < -0.39 is 0 Å². The van der Waals surface area contributed by atoms with E-state index in [9.17, 15) is 0 Å². The quantitative estimate of drug-likeness (QED) is 0.861. The van der Waals surface area contributed by atoms with Gasteiger partial charge < -0.3 is 0 Å². The highest BCUT2D eigenvalue weighted by Crippen LogP contribution is 2.28. The van der Waals surface area contributed by atoms with Crippen LogP contribution in [-0.2, 0) is 32.2 Å². The zero-order valence-corrected chi connectivity index (χ0v) is 12.7. The Balaban J connectivity index is 1.73. The summed E-state index contributed by atoms with van der Waals surface area (Å²) >= 11 is 6.42. The summed E-state index contributed by atoms with van der Waals surface area (Å²) in [4.78, 5) is 0. The third-order valence-corrected chi connectivity index (χ3v) is 4.42. The zero-order valence-electron chi connectivity index (χ0n) is 11.9. The highest BCUT2D eigenvalue weighted by atomic mass is 35.5. The van der Waals surface area contributed by atoms with E-state index >= 15 is 0 Å². The largest absolute Gasteiger partial charge is 0.253 e. The molecular weight excluding hydrogens is 270 g/mol. The molecule has 1 aromatic carbocycles. The first kappa shape index (κ1) is 13.6. The number of rotatable bonds is 4. The first-order valence-electron chi connectivity index (χ1n) is 7.45. The van der Waals surface area contributed by atoms with Crippen molar-refractivity contribution in [3.05, 3.63) is 45.7 Å². The first-order valence-corrected chi connectivity index (χ1v) is 7.83. The van der Waals surface area contributed by atoms with Crippen molar-refractivity contribution in [1.29, 1.82) is 0 Å². The van der Waals surface area contributed by atoms with Gasteiger partial charge in [0.25, 0.3) is 0 Å². The lowest BCUT2D eigenvalue weighted by atomic mass is 9.89. The van der Waals surface area contributed by atoms with Crippen molar-refractivity contribution in [2.45, 2.75) is 52.0 Å². The van der Waals surface area contributed by atoms with E-state index in [-0.39, 0.29) is 0 Å². The van der Waals surface area contributed by atoms with Gasteiger partial charge in [0.1, 0.15) is 0 Å². The molecule has 0 atom stereocenters. The topological polar surface area (TPSA) is 30.7 Å². The number of hydrogen-bond acceptors (Lipinski definition) is 2. The van der Waals surface area contributed by atoms with Gasteiger partial charge in [0.2, 0.25) is 0 Å². The standard InChI is InChI=1S/C16H20ClN3/c1-2-20-11-15(18-19-20)8-7-14-9-12-5-3-4-6-13(12)10-16(14)17/h9-11H,2-8H2,1H3. The molecule has 0 saturated carbocycles. The molecule has 0 aliphatic heterocycles. The maximum Gasteiger partial charge on any atom is 0.0830 e. The van der Waals surface area contributed by atoms with Gasteiger partial charge >= 0.3 is 0 Å². The molecule has 20 heavy (non-hydrogen) atoms. The molecule has 1 heterocycles. The lowest BCUT2D eigenvalue weighted by Crippen LogP contribution is -2.04. The summed E-state index contributed by atoms with van der Waals surface area (Å²) in [6, 6.07) is 4.48. The van der Waals surface area contributed by atoms with Crippen molar-refractivity contribution < 1.29 is 0 Å². The number of aromatic nitrogens is 3. The second kappa shape index (κ2) is 5.96. The van der Waals surface area contributed by atoms with E-state index in [0.717, 1.165) is 30.1 Å². The van der Waals surface area contributed by atoms with Crippen molar-refractivity contribution in [3.63, 3.8) is 0 Å². The molecule has 0 N–H and O–H groups in total. The first-order chi connectivity index (χ1) is 9.76. The second-order valence-corrected chi connectivity index (χ2v) is 5.89. The average Bonchev–Trinajstić information content (AvgIpc) is 2.93. The van der Waals surface area contributed by atoms with E-state index in [1.54, 1.807) is 0 Å². The fourth-order valence-electron chi connectivity index (χ4n) is 2.87. The summed E-state index contributed by atoms with van der Waals surface area (Å²) < 4.78 is 1.86. The van der Waals surface area contributed by atoms with Gasteiger partial charge in [-0.1, -0.05) is 22.9 Å². The molecule has 1 aliphatic rings. The highest BCUT2D eigenvalue weighted by molar-refractivity contribution is 6.31. The summed E-state index contributed by atoms with van der Waals surface area (Å²) in [5.41, 5.74) is 5.23. The minimum absolute atomic E-state index is 0.868. The van der Waals surface area contributed by atoms with Gasteiger partial charge in [0.15, 0.2) is 0 Å². The van der Waals surface area contributed by atoms with Gasteiger partial charge in [0.05, 0.1) is 5.69 Å². The minimum atomic E-state index is 0.868. The van der Waals surface area contributed by atoms with Crippen molar-refractivity contribution in [1.82, 2.24) is 15.0 Å². The van der Waals surface area contributed by atoms with Crippen LogP contribution >= 0.6 is 11.6 Å². The molecular formula is C16H20ClN3. The number of aryl methyl sites for hydroxylation is 5. The Bertz CT molecular complexity index is 604. The van der Waals surface area contributed by atoms with E-state index in [1.165, 1.54) is 42.4 Å². The molecule has 3 nitrogen and oxygen atoms in total. The third-order valence-electron chi connectivity index (χ3n) is 4.07. The lowest BCUT2D eigenvalue weighted by Gasteiger charge is -2.17. The molecule has 106 valence electrons. The fraction of sp³-hybridized carbons (Fsp3) is 0.500. The molecule has 0 fully saturated rings. The van der Waals surface area contributed by atoms with Crippen LogP contribution in [0.2, 0.25) is 5.02 Å². The molecule has 1 aromatic heterocycles. The average molecular weight is 290 g/mol. The Morgan fingerprint density at radius 2 is 1.90 bits per heavy atom. The molecule has 0 bridgehead atoms. The summed E-state index contributed by atoms with van der Waals surface area (Å²) in [5.74, 6) is 0. The summed E-state index contributed by atoms with van der Waals surface area (Å²) in [7, 11) is 0. The maximum atomic E-state index is 6.42. The Labute approximate surface area is 125 Å². The molecule has 1 aliphatic carbocycles. The molecule has 0 spiro atoms. The van der Waals surface area contributed by atoms with Crippen LogP contribution in [0.15, 0.2) is 18.3 Å². The summed E-state index contributed by atoms with van der Waals surface area (Å²) in [6.07, 6.45) is 8.84. The van der Waals surface area contributed by atoms with E-state index in [4.69, 9.17) is 11.6 Å². The Morgan fingerprint density at radius 3 is 2.60 bits per heavy atom. The van der Waals surface area contributed by atoms with Gasteiger partial charge in [-0.05, 0) is 68.2 Å². The fourth-order valence-corrected chi connectivity index (χ4v) is 3.15. The predicted octanol–water partition coefficient (Wildman–Crippen LogP) is 3.62. The van der Waals surface area contributed by atoms with Gasteiger partial charge in [-0.25, -0.2) is 0 Å². The monoisotopic (exact) mass is 289 g/mol. The number of fused-ring (bicyclic) bond motifs is 1. The van der Waals surface area contributed by atoms with Crippen molar-refractivity contribution in [2.75, 3.05) is 0 Å². The van der Waals surface area contributed by atoms with Gasteiger partial charge in [-0.15, -0.1) is 5.10 Å². The minimum Gasteiger partial charge on any atom is -0.253 e. The van der Waals surface area contributed by atoms with Gasteiger partial charge in [0, 0.05) is 17.8 Å². The SMILES string of the molecule is CCn1cc(CCc2cc3c(cc2Cl)CCCC3)nn1. The van der Waals surface area contributed by atoms with Crippen LogP contribution in [0.5, 0.6) is 0 Å². The number of benzene rings is 1. The molecule has 0 amide bonds. The third kappa shape index (κ3) is 2.88. The van der Waals surface area contributed by atoms with Crippen LogP contribution in [0.4, 0.5) is 0 Å². The van der Waals surface area contributed by atoms with Crippen LogP contribution in [0.1, 0.15) is 42.1 Å². The summed E-state index contributed by atoms with van der Waals surface area (Å²) in [6.45, 7) is 2.94. The normalized spacial score (nSPS) is 14.3. The van der Waals surface area contributed by atoms with Crippen LogP contribution in [0.3, 0.4) is 0 Å². The second-order valence-electron chi connectivity index (χ2n) is 5.49. The van der Waals surface area contributed by atoms with E-state index in [0.29, 0.717) is 0 Å². The summed E-state index contributed by atoms with van der Waals surface area (Å²) in [5, 5.41) is 9.17. The zero-order chi connectivity index (χ0) is 13.9. The maximum absolute atomic E-state index is 6.42. The van der Waals surface area contributed by atoms with Gasteiger partial charge in [-0.3, -0.25) is 4.68 Å². The Morgan fingerprint density at radius 1 is 1.15 bits per heavy atom. The van der Waals surface area contributed by atoms with Crippen LogP contribution in [0.25, 0.3) is 0 Å². The highest BCUT2D eigenvalue weighted by Gasteiger charge is 2.13. The number of nitrogens with zero attached hydrogens (tertiary/aromatic N) is 3. The van der Waals surface area contributed by atoms with Gasteiger partial charge in [-0.2, -0.15) is 0 Å². The van der Waals surface area contributed by atoms with Crippen molar-refractivity contribution >= 4 is 11.6 Å². The molecule has 3 rings (SSSR count). The number of halogens is 1. The van der Waals surface area contributed by atoms with E-state index in [2.05, 4.69) is 29.4 Å². The van der Waals surface area contributed by atoms with Crippen molar-refractivity contribution in [3.8, 4) is 0 Å². The van der Waals surface area contributed by atoms with Crippen molar-refractivity contribution in [2.24, 2.45) is 0 Å². The molecule has 0 saturated heterocycles. The molecule has 0 radical (unpaired) electrons. The molecule has 4 heteroatoms.